The fourth-order valence-corrected chi connectivity index (χ4v) is 4.25. The van der Waals surface area contributed by atoms with Crippen molar-refractivity contribution in [3.8, 4) is 0 Å². The van der Waals surface area contributed by atoms with Crippen molar-refractivity contribution >= 4 is 6.08 Å². The van der Waals surface area contributed by atoms with E-state index in [0.29, 0.717) is 29.5 Å². The average Bonchev–Trinajstić information content (AvgIpc) is 2.73. The first-order valence-electron chi connectivity index (χ1n) is 10.6. The van der Waals surface area contributed by atoms with Crippen LogP contribution in [0.2, 0.25) is 0 Å². The van der Waals surface area contributed by atoms with E-state index in [1.54, 1.807) is 37.3 Å². The molecule has 0 nitrogen and oxygen atoms in total. The minimum absolute atomic E-state index is 0.00263. The van der Waals surface area contributed by atoms with Gasteiger partial charge in [0.05, 0.1) is 0 Å². The summed E-state index contributed by atoms with van der Waals surface area (Å²) < 4.78 is 56.9. The molecular weight excluding hydrogens is 376 g/mol. The summed E-state index contributed by atoms with van der Waals surface area (Å²) in [7, 11) is 0. The third kappa shape index (κ3) is 4.73. The summed E-state index contributed by atoms with van der Waals surface area (Å²) >= 11 is 0. The zero-order valence-electron chi connectivity index (χ0n) is 17.1. The largest absolute Gasteiger partial charge is 0.203 e. The van der Waals surface area contributed by atoms with Crippen LogP contribution in [0.25, 0.3) is 6.08 Å². The van der Waals surface area contributed by atoms with E-state index in [1.165, 1.54) is 0 Å². The van der Waals surface area contributed by atoms with Crippen LogP contribution < -0.4 is 0 Å². The van der Waals surface area contributed by atoms with Crippen molar-refractivity contribution in [2.45, 2.75) is 64.7 Å². The van der Waals surface area contributed by atoms with Crippen LogP contribution in [-0.4, -0.2) is 0 Å². The van der Waals surface area contributed by atoms with E-state index in [1.807, 2.05) is 13.0 Å². The van der Waals surface area contributed by atoms with Crippen molar-refractivity contribution in [1.29, 1.82) is 0 Å². The lowest BCUT2D eigenvalue weighted by Crippen LogP contribution is -2.14. The second kappa shape index (κ2) is 9.60. The van der Waals surface area contributed by atoms with Crippen LogP contribution in [0, 0.1) is 29.2 Å². The monoisotopic (exact) mass is 404 g/mol. The van der Waals surface area contributed by atoms with Crippen LogP contribution in [0.3, 0.4) is 0 Å². The summed E-state index contributed by atoms with van der Waals surface area (Å²) in [6, 6.07) is 6.67. The summed E-state index contributed by atoms with van der Waals surface area (Å²) in [5.41, 5.74) is 1.53. The van der Waals surface area contributed by atoms with E-state index < -0.39 is 23.3 Å². The van der Waals surface area contributed by atoms with E-state index in [4.69, 9.17) is 0 Å². The summed E-state index contributed by atoms with van der Waals surface area (Å²) in [5.74, 6) is -2.76. The fraction of sp³-hybridized carbons (Fsp3) is 0.440. The Labute approximate surface area is 170 Å². The average molecular weight is 404 g/mol. The van der Waals surface area contributed by atoms with Crippen molar-refractivity contribution in [2.24, 2.45) is 5.92 Å². The molecule has 2 aromatic rings. The highest BCUT2D eigenvalue weighted by atomic mass is 19.2. The molecule has 29 heavy (non-hydrogen) atoms. The molecule has 0 aliphatic heterocycles. The zero-order chi connectivity index (χ0) is 21.0. The van der Waals surface area contributed by atoms with Gasteiger partial charge in [-0.1, -0.05) is 56.7 Å². The molecule has 1 aliphatic carbocycles. The Morgan fingerprint density at radius 1 is 0.793 bits per heavy atom. The van der Waals surface area contributed by atoms with E-state index in [0.717, 1.165) is 32.1 Å². The van der Waals surface area contributed by atoms with Gasteiger partial charge in [0.25, 0.3) is 0 Å². The lowest BCUT2D eigenvalue weighted by molar-refractivity contribution is 0.364. The number of benzene rings is 2. The molecule has 0 N–H and O–H groups in total. The zero-order valence-corrected chi connectivity index (χ0v) is 17.1. The van der Waals surface area contributed by atoms with Crippen molar-refractivity contribution in [2.75, 3.05) is 0 Å². The smallest absolute Gasteiger partial charge is 0.166 e. The van der Waals surface area contributed by atoms with Gasteiger partial charge in [0.2, 0.25) is 0 Å². The highest BCUT2D eigenvalue weighted by Gasteiger charge is 2.25. The van der Waals surface area contributed by atoms with Gasteiger partial charge in [-0.3, -0.25) is 0 Å². The quantitative estimate of drug-likeness (QED) is 0.432. The molecule has 1 saturated carbocycles. The molecule has 2 aromatic carbocycles. The maximum absolute atomic E-state index is 14.5. The Morgan fingerprint density at radius 2 is 1.45 bits per heavy atom. The number of rotatable bonds is 6. The molecule has 3 rings (SSSR count). The number of hydrogen-bond acceptors (Lipinski definition) is 0. The summed E-state index contributed by atoms with van der Waals surface area (Å²) in [6.07, 6.45) is 8.47. The van der Waals surface area contributed by atoms with Crippen molar-refractivity contribution < 1.29 is 17.6 Å². The van der Waals surface area contributed by atoms with Gasteiger partial charge >= 0.3 is 0 Å². The summed E-state index contributed by atoms with van der Waals surface area (Å²) in [6.45, 7) is 3.73. The van der Waals surface area contributed by atoms with Gasteiger partial charge in [-0.2, -0.15) is 0 Å². The number of halogens is 4. The van der Waals surface area contributed by atoms with Gasteiger partial charge in [0.1, 0.15) is 0 Å². The first-order valence-corrected chi connectivity index (χ1v) is 10.6. The number of hydrogen-bond donors (Lipinski definition) is 0. The molecule has 0 amide bonds. The van der Waals surface area contributed by atoms with Gasteiger partial charge in [-0.05, 0) is 67.1 Å². The molecule has 0 unspecified atom stereocenters. The first kappa shape index (κ1) is 21.6. The maximum Gasteiger partial charge on any atom is 0.166 e. The minimum atomic E-state index is -0.806. The van der Waals surface area contributed by atoms with Crippen LogP contribution >= 0.6 is 0 Å². The van der Waals surface area contributed by atoms with Gasteiger partial charge in [-0.25, -0.2) is 17.6 Å². The van der Waals surface area contributed by atoms with Crippen LogP contribution in [0.15, 0.2) is 30.3 Å². The van der Waals surface area contributed by atoms with Gasteiger partial charge in [0, 0.05) is 5.56 Å². The molecule has 1 aliphatic rings. The lowest BCUT2D eigenvalue weighted by Gasteiger charge is -2.27. The minimum Gasteiger partial charge on any atom is -0.203 e. The molecule has 0 heterocycles. The van der Waals surface area contributed by atoms with Crippen LogP contribution in [-0.2, 0) is 12.8 Å². The molecule has 1 fully saturated rings. The molecule has 0 aromatic heterocycles. The topological polar surface area (TPSA) is 0 Å². The first-order chi connectivity index (χ1) is 14.0. The SMILES string of the molecule is CCCc1ccc(C2CCC(/C=C/c3ccc(CC)c(F)c3F)CC2)c(F)c1F. The standard InChI is InChI=1S/C25H28F4/c1-3-5-19-14-15-21(25(29)24(19)28)18-9-6-16(7-10-18)8-11-20-13-12-17(4-2)22(26)23(20)27/h8,11-16,18H,3-7,9-10H2,1-2H3/b11-8+. The van der Waals surface area contributed by atoms with Crippen molar-refractivity contribution in [3.63, 3.8) is 0 Å². The summed E-state index contributed by atoms with van der Waals surface area (Å²) in [5, 5.41) is 0. The molecule has 0 bridgehead atoms. The third-order valence-electron chi connectivity index (χ3n) is 6.04. The molecule has 0 saturated heterocycles. The molecule has 0 atom stereocenters. The lowest BCUT2D eigenvalue weighted by atomic mass is 9.78. The molecule has 0 radical (unpaired) electrons. The predicted molar refractivity (Wildman–Crippen MR) is 110 cm³/mol. The highest BCUT2D eigenvalue weighted by molar-refractivity contribution is 5.51. The van der Waals surface area contributed by atoms with E-state index >= 15 is 0 Å². The van der Waals surface area contributed by atoms with E-state index in [-0.39, 0.29) is 17.4 Å². The Bertz CT molecular complexity index is 877. The Hall–Kier alpha value is -2.10. The van der Waals surface area contributed by atoms with Crippen molar-refractivity contribution in [1.82, 2.24) is 0 Å². The molecule has 4 heteroatoms. The third-order valence-corrected chi connectivity index (χ3v) is 6.04. The maximum atomic E-state index is 14.5. The van der Waals surface area contributed by atoms with Gasteiger partial charge in [-0.15, -0.1) is 0 Å². The van der Waals surface area contributed by atoms with Crippen molar-refractivity contribution in [3.05, 3.63) is 75.9 Å². The van der Waals surface area contributed by atoms with Gasteiger partial charge < -0.3 is 0 Å². The second-order valence-electron chi connectivity index (χ2n) is 7.96. The van der Waals surface area contributed by atoms with Crippen LogP contribution in [0.4, 0.5) is 17.6 Å². The van der Waals surface area contributed by atoms with Crippen LogP contribution in [0.1, 0.15) is 74.1 Å². The Morgan fingerprint density at radius 3 is 2.10 bits per heavy atom. The second-order valence-corrected chi connectivity index (χ2v) is 7.96. The highest BCUT2D eigenvalue weighted by Crippen LogP contribution is 2.38. The number of aryl methyl sites for hydroxylation is 2. The molecule has 0 spiro atoms. The van der Waals surface area contributed by atoms with Gasteiger partial charge in [0.15, 0.2) is 23.3 Å². The summed E-state index contributed by atoms with van der Waals surface area (Å²) in [4.78, 5) is 0. The van der Waals surface area contributed by atoms with Crippen LogP contribution in [0.5, 0.6) is 0 Å². The fourth-order valence-electron chi connectivity index (χ4n) is 4.25. The number of allylic oxidation sites excluding steroid dienone is 1. The van der Waals surface area contributed by atoms with E-state index in [2.05, 4.69) is 0 Å². The normalized spacial score (nSPS) is 19.8. The predicted octanol–water partition coefficient (Wildman–Crippen LogP) is 7.75. The Balaban J connectivity index is 1.65. The molecule has 156 valence electrons. The Kier molecular flexibility index (Phi) is 7.15. The molecular formula is C25H28F4. The van der Waals surface area contributed by atoms with E-state index in [9.17, 15) is 17.6 Å².